The summed E-state index contributed by atoms with van der Waals surface area (Å²) in [6.45, 7) is -0.837. The molecule has 1 aliphatic carbocycles. The molecule has 0 spiro atoms. The van der Waals surface area contributed by atoms with Gasteiger partial charge in [-0.25, -0.2) is 18.6 Å². The average molecular weight is 258 g/mol. The van der Waals surface area contributed by atoms with Crippen LogP contribution in [-0.4, -0.2) is 27.1 Å². The molecule has 98 valence electrons. The van der Waals surface area contributed by atoms with Crippen LogP contribution in [0, 0.1) is 5.92 Å². The summed E-state index contributed by atoms with van der Waals surface area (Å²) < 4.78 is 25.1. The van der Waals surface area contributed by atoms with Crippen molar-refractivity contribution in [1.82, 2.24) is 9.55 Å². The summed E-state index contributed by atoms with van der Waals surface area (Å²) in [6.07, 6.45) is 0.674. The zero-order valence-corrected chi connectivity index (χ0v) is 9.47. The van der Waals surface area contributed by atoms with E-state index in [0.29, 0.717) is 16.9 Å². The summed E-state index contributed by atoms with van der Waals surface area (Å²) in [5.41, 5.74) is -1.20. The molecule has 2 rings (SSSR count). The molecule has 1 saturated carbocycles. The minimum atomic E-state index is -2.72. The molecule has 0 aromatic carbocycles. The molecule has 0 amide bonds. The van der Waals surface area contributed by atoms with Crippen LogP contribution in [0.3, 0.4) is 0 Å². The van der Waals surface area contributed by atoms with Gasteiger partial charge in [0.15, 0.2) is 0 Å². The summed E-state index contributed by atoms with van der Waals surface area (Å²) >= 11 is 0. The first kappa shape index (κ1) is 12.7. The normalized spacial score (nSPS) is 15.1. The van der Waals surface area contributed by atoms with Crippen molar-refractivity contribution in [2.24, 2.45) is 5.92 Å². The molecule has 7 heteroatoms. The van der Waals surface area contributed by atoms with Crippen molar-refractivity contribution < 1.29 is 18.7 Å². The third-order valence-corrected chi connectivity index (χ3v) is 2.84. The van der Waals surface area contributed by atoms with Crippen LogP contribution in [0.25, 0.3) is 0 Å². The van der Waals surface area contributed by atoms with Crippen LogP contribution in [0.15, 0.2) is 11.1 Å². The van der Waals surface area contributed by atoms with E-state index in [1.807, 2.05) is 0 Å². The van der Waals surface area contributed by atoms with E-state index in [-0.39, 0.29) is 5.69 Å². The highest BCUT2D eigenvalue weighted by Gasteiger charge is 2.27. The first-order chi connectivity index (χ1) is 8.49. The van der Waals surface area contributed by atoms with Crippen LogP contribution in [0.4, 0.5) is 8.78 Å². The summed E-state index contributed by atoms with van der Waals surface area (Å²) in [6, 6.07) is 0. The molecule has 0 aliphatic heterocycles. The van der Waals surface area contributed by atoms with E-state index < -0.39 is 30.1 Å². The SMILES string of the molecule is O=C(O)c1c(CC2CC2)ncn(CC(F)F)c1=O. The van der Waals surface area contributed by atoms with Gasteiger partial charge in [0.1, 0.15) is 5.56 Å². The maximum atomic E-state index is 12.2. The Labute approximate surface area is 101 Å². The second-order valence-electron chi connectivity index (χ2n) is 4.37. The lowest BCUT2D eigenvalue weighted by Gasteiger charge is -2.08. The summed E-state index contributed by atoms with van der Waals surface area (Å²) in [5.74, 6) is -1.05. The number of aromatic carboxylic acids is 1. The van der Waals surface area contributed by atoms with Crippen LogP contribution in [0.5, 0.6) is 0 Å². The van der Waals surface area contributed by atoms with Gasteiger partial charge in [0.25, 0.3) is 12.0 Å². The van der Waals surface area contributed by atoms with E-state index in [0.717, 1.165) is 19.2 Å². The molecular formula is C11H12F2N2O3. The molecule has 1 aromatic rings. The molecule has 1 N–H and O–H groups in total. The van der Waals surface area contributed by atoms with Crippen LogP contribution >= 0.6 is 0 Å². The van der Waals surface area contributed by atoms with E-state index in [1.165, 1.54) is 0 Å². The number of carboxylic acid groups (broad SMARTS) is 1. The van der Waals surface area contributed by atoms with Crippen LogP contribution in [-0.2, 0) is 13.0 Å². The summed E-state index contributed by atoms with van der Waals surface area (Å²) in [5, 5.41) is 9.00. The zero-order valence-electron chi connectivity index (χ0n) is 9.47. The number of hydrogen-bond donors (Lipinski definition) is 1. The highest BCUT2D eigenvalue weighted by Crippen LogP contribution is 2.32. The van der Waals surface area contributed by atoms with Crippen LogP contribution in [0.2, 0.25) is 0 Å². The topological polar surface area (TPSA) is 72.2 Å². The number of carboxylic acids is 1. The van der Waals surface area contributed by atoms with Gasteiger partial charge in [-0.2, -0.15) is 0 Å². The zero-order chi connectivity index (χ0) is 13.3. The third-order valence-electron chi connectivity index (χ3n) is 2.84. The minimum Gasteiger partial charge on any atom is -0.477 e. The predicted molar refractivity (Wildman–Crippen MR) is 57.9 cm³/mol. The van der Waals surface area contributed by atoms with Gasteiger partial charge in [-0.1, -0.05) is 0 Å². The van der Waals surface area contributed by atoms with Gasteiger partial charge in [-0.05, 0) is 25.2 Å². The largest absolute Gasteiger partial charge is 0.477 e. The molecule has 1 heterocycles. The fraction of sp³-hybridized carbons (Fsp3) is 0.545. The first-order valence-corrected chi connectivity index (χ1v) is 5.58. The Morgan fingerprint density at radius 3 is 2.72 bits per heavy atom. The number of halogens is 2. The molecule has 0 saturated heterocycles. The molecule has 0 unspecified atom stereocenters. The number of carbonyl (C=O) groups is 1. The lowest BCUT2D eigenvalue weighted by molar-refractivity contribution is 0.0689. The standard InChI is InChI=1S/C11H12F2N2O3/c12-8(13)4-15-5-14-7(3-6-1-2-6)9(10(15)16)11(17)18/h5-6,8H,1-4H2,(H,17,18). The highest BCUT2D eigenvalue weighted by atomic mass is 19.3. The van der Waals surface area contributed by atoms with E-state index in [1.54, 1.807) is 0 Å². The molecule has 18 heavy (non-hydrogen) atoms. The van der Waals surface area contributed by atoms with E-state index >= 15 is 0 Å². The predicted octanol–water partition coefficient (Wildman–Crippen LogP) is 1.16. The molecule has 5 nitrogen and oxygen atoms in total. The van der Waals surface area contributed by atoms with E-state index in [4.69, 9.17) is 5.11 Å². The molecule has 1 aliphatic rings. The fourth-order valence-electron chi connectivity index (χ4n) is 1.77. The van der Waals surface area contributed by atoms with Gasteiger partial charge in [0.2, 0.25) is 0 Å². The van der Waals surface area contributed by atoms with E-state index in [9.17, 15) is 18.4 Å². The van der Waals surface area contributed by atoms with Crippen LogP contribution in [0.1, 0.15) is 28.9 Å². The fourth-order valence-corrected chi connectivity index (χ4v) is 1.77. The monoisotopic (exact) mass is 258 g/mol. The molecular weight excluding hydrogens is 246 g/mol. The maximum Gasteiger partial charge on any atom is 0.343 e. The summed E-state index contributed by atoms with van der Waals surface area (Å²) in [7, 11) is 0. The second kappa shape index (κ2) is 4.83. The Balaban J connectivity index is 2.40. The van der Waals surface area contributed by atoms with Crippen molar-refractivity contribution in [3.63, 3.8) is 0 Å². The second-order valence-corrected chi connectivity index (χ2v) is 4.37. The lowest BCUT2D eigenvalue weighted by Crippen LogP contribution is -2.31. The Kier molecular flexibility index (Phi) is 3.40. The van der Waals surface area contributed by atoms with Crippen molar-refractivity contribution in [3.8, 4) is 0 Å². The van der Waals surface area contributed by atoms with Crippen LogP contribution < -0.4 is 5.56 Å². The lowest BCUT2D eigenvalue weighted by atomic mass is 10.1. The first-order valence-electron chi connectivity index (χ1n) is 5.58. The quantitative estimate of drug-likeness (QED) is 0.860. The highest BCUT2D eigenvalue weighted by molar-refractivity contribution is 5.88. The Morgan fingerprint density at radius 2 is 2.22 bits per heavy atom. The molecule has 0 atom stereocenters. The third kappa shape index (κ3) is 2.72. The van der Waals surface area contributed by atoms with Gasteiger partial charge in [-0.3, -0.25) is 9.36 Å². The maximum absolute atomic E-state index is 12.2. The smallest absolute Gasteiger partial charge is 0.343 e. The van der Waals surface area contributed by atoms with E-state index in [2.05, 4.69) is 4.98 Å². The summed E-state index contributed by atoms with van der Waals surface area (Å²) in [4.78, 5) is 26.7. The number of aromatic nitrogens is 2. The van der Waals surface area contributed by atoms with Crippen molar-refractivity contribution in [2.75, 3.05) is 0 Å². The number of rotatable bonds is 5. The minimum absolute atomic E-state index is 0.195. The molecule has 1 aromatic heterocycles. The Bertz CT molecular complexity index is 524. The average Bonchev–Trinajstić information content (AvgIpc) is 3.05. The Hall–Kier alpha value is -1.79. The van der Waals surface area contributed by atoms with Crippen molar-refractivity contribution in [3.05, 3.63) is 27.9 Å². The van der Waals surface area contributed by atoms with Gasteiger partial charge >= 0.3 is 5.97 Å². The number of nitrogens with zero attached hydrogens (tertiary/aromatic N) is 2. The van der Waals surface area contributed by atoms with Crippen molar-refractivity contribution >= 4 is 5.97 Å². The van der Waals surface area contributed by atoms with Gasteiger partial charge in [0.05, 0.1) is 18.6 Å². The number of hydrogen-bond acceptors (Lipinski definition) is 3. The molecule has 0 radical (unpaired) electrons. The molecule has 1 fully saturated rings. The van der Waals surface area contributed by atoms with Crippen molar-refractivity contribution in [1.29, 1.82) is 0 Å². The van der Waals surface area contributed by atoms with Gasteiger partial charge in [0, 0.05) is 0 Å². The van der Waals surface area contributed by atoms with Crippen molar-refractivity contribution in [2.45, 2.75) is 32.2 Å². The molecule has 0 bridgehead atoms. The van der Waals surface area contributed by atoms with Gasteiger partial charge in [-0.15, -0.1) is 0 Å². The number of alkyl halides is 2. The van der Waals surface area contributed by atoms with Gasteiger partial charge < -0.3 is 5.11 Å². The Morgan fingerprint density at radius 1 is 1.56 bits per heavy atom.